The molecule has 1 heterocycles. The van der Waals surface area contributed by atoms with Crippen LogP contribution in [0.2, 0.25) is 10.0 Å². The molecule has 1 aromatic carbocycles. The van der Waals surface area contributed by atoms with Crippen molar-refractivity contribution in [3.63, 3.8) is 0 Å². The minimum atomic E-state index is -0.136. The SMILES string of the molecule is Cc1cc(C(=O)N(C)C(C)c2ccc(Cl)cc2Cl)sc1Br. The Balaban J connectivity index is 2.26. The molecule has 1 amide bonds. The molecule has 1 atom stereocenters. The van der Waals surface area contributed by atoms with Gasteiger partial charge in [-0.25, -0.2) is 0 Å². The fourth-order valence-corrected chi connectivity index (χ4v) is 4.05. The van der Waals surface area contributed by atoms with Crippen molar-refractivity contribution in [2.75, 3.05) is 7.05 Å². The van der Waals surface area contributed by atoms with E-state index in [9.17, 15) is 4.79 Å². The lowest BCUT2D eigenvalue weighted by atomic mass is 10.1. The quantitative estimate of drug-likeness (QED) is 0.615. The van der Waals surface area contributed by atoms with Crippen LogP contribution in [0, 0.1) is 6.92 Å². The number of rotatable bonds is 3. The van der Waals surface area contributed by atoms with Gasteiger partial charge in [0.15, 0.2) is 0 Å². The fraction of sp³-hybridized carbons (Fsp3) is 0.267. The van der Waals surface area contributed by atoms with Crippen LogP contribution in [0.3, 0.4) is 0 Å². The standard InChI is InChI=1S/C15H14BrCl2NOS/c1-8-6-13(21-14(8)16)15(20)19(3)9(2)11-5-4-10(17)7-12(11)18/h4-7,9H,1-3H3. The van der Waals surface area contributed by atoms with Crippen LogP contribution in [-0.4, -0.2) is 17.9 Å². The lowest BCUT2D eigenvalue weighted by Gasteiger charge is -2.25. The lowest BCUT2D eigenvalue weighted by Crippen LogP contribution is -2.29. The summed E-state index contributed by atoms with van der Waals surface area (Å²) in [4.78, 5) is 14.9. The van der Waals surface area contributed by atoms with Gasteiger partial charge in [0.1, 0.15) is 0 Å². The summed E-state index contributed by atoms with van der Waals surface area (Å²) < 4.78 is 0.983. The number of carbonyl (C=O) groups excluding carboxylic acids is 1. The molecule has 0 saturated carbocycles. The highest BCUT2D eigenvalue weighted by Gasteiger charge is 2.22. The van der Waals surface area contributed by atoms with Gasteiger partial charge in [0.2, 0.25) is 0 Å². The summed E-state index contributed by atoms with van der Waals surface area (Å²) in [5.74, 6) is -0.0210. The molecule has 0 aliphatic rings. The maximum absolute atomic E-state index is 12.5. The van der Waals surface area contributed by atoms with Crippen LogP contribution in [0.1, 0.15) is 33.8 Å². The number of thiophene rings is 1. The van der Waals surface area contributed by atoms with Crippen molar-refractivity contribution in [2.45, 2.75) is 19.9 Å². The van der Waals surface area contributed by atoms with Crippen LogP contribution >= 0.6 is 50.5 Å². The van der Waals surface area contributed by atoms with Crippen molar-refractivity contribution in [1.29, 1.82) is 0 Å². The number of halogens is 3. The Morgan fingerprint density at radius 3 is 2.52 bits per heavy atom. The molecule has 1 unspecified atom stereocenters. The summed E-state index contributed by atoms with van der Waals surface area (Å²) in [5.41, 5.74) is 1.94. The Labute approximate surface area is 146 Å². The van der Waals surface area contributed by atoms with Gasteiger partial charge in [-0.1, -0.05) is 29.3 Å². The Kier molecular flexibility index (Phi) is 5.36. The predicted molar refractivity (Wildman–Crippen MR) is 93.7 cm³/mol. The third kappa shape index (κ3) is 3.62. The third-order valence-electron chi connectivity index (χ3n) is 3.38. The molecule has 2 rings (SSSR count). The number of hydrogen-bond donors (Lipinski definition) is 0. The first kappa shape index (κ1) is 16.8. The zero-order chi connectivity index (χ0) is 15.7. The van der Waals surface area contributed by atoms with E-state index in [-0.39, 0.29) is 11.9 Å². The second kappa shape index (κ2) is 6.69. The number of nitrogens with zero attached hydrogens (tertiary/aromatic N) is 1. The molecule has 0 fully saturated rings. The summed E-state index contributed by atoms with van der Waals surface area (Å²) in [7, 11) is 1.78. The number of carbonyl (C=O) groups is 1. The highest BCUT2D eigenvalue weighted by Crippen LogP contribution is 2.32. The second-order valence-electron chi connectivity index (χ2n) is 4.83. The summed E-state index contributed by atoms with van der Waals surface area (Å²) in [5, 5.41) is 1.15. The topological polar surface area (TPSA) is 20.3 Å². The average Bonchev–Trinajstić information content (AvgIpc) is 2.76. The molecule has 6 heteroatoms. The number of hydrogen-bond acceptors (Lipinski definition) is 2. The first-order chi connectivity index (χ1) is 9.81. The molecular weight excluding hydrogens is 393 g/mol. The maximum Gasteiger partial charge on any atom is 0.264 e. The van der Waals surface area contributed by atoms with Gasteiger partial charge in [0.25, 0.3) is 5.91 Å². The Bertz CT molecular complexity index is 667. The predicted octanol–water partition coefficient (Wildman–Crippen LogP) is 5.96. The molecule has 0 spiro atoms. The van der Waals surface area contributed by atoms with Gasteiger partial charge in [0.05, 0.1) is 14.7 Å². The smallest absolute Gasteiger partial charge is 0.264 e. The molecule has 2 nitrogen and oxygen atoms in total. The summed E-state index contributed by atoms with van der Waals surface area (Å²) in [6, 6.07) is 7.09. The van der Waals surface area contributed by atoms with Crippen LogP contribution in [-0.2, 0) is 0 Å². The van der Waals surface area contributed by atoms with Gasteiger partial charge in [0, 0.05) is 17.1 Å². The van der Waals surface area contributed by atoms with Gasteiger partial charge in [-0.15, -0.1) is 11.3 Å². The molecule has 0 aliphatic heterocycles. The van der Waals surface area contributed by atoms with Gasteiger partial charge >= 0.3 is 0 Å². The van der Waals surface area contributed by atoms with Crippen LogP contribution in [0.15, 0.2) is 28.1 Å². The second-order valence-corrected chi connectivity index (χ2v) is 8.04. The number of benzene rings is 1. The molecule has 21 heavy (non-hydrogen) atoms. The Morgan fingerprint density at radius 2 is 2.00 bits per heavy atom. The lowest BCUT2D eigenvalue weighted by molar-refractivity contribution is 0.0747. The van der Waals surface area contributed by atoms with E-state index in [4.69, 9.17) is 23.2 Å². The van der Waals surface area contributed by atoms with E-state index in [1.165, 1.54) is 11.3 Å². The van der Waals surface area contributed by atoms with Gasteiger partial charge in [-0.2, -0.15) is 0 Å². The molecule has 0 aliphatic carbocycles. The van der Waals surface area contributed by atoms with E-state index >= 15 is 0 Å². The van der Waals surface area contributed by atoms with Crippen molar-refractivity contribution in [3.05, 3.63) is 54.1 Å². The molecule has 0 radical (unpaired) electrons. The molecular formula is C15H14BrCl2NOS. The number of amides is 1. The van der Waals surface area contributed by atoms with E-state index in [0.717, 1.165) is 14.9 Å². The molecule has 1 aromatic heterocycles. The monoisotopic (exact) mass is 405 g/mol. The maximum atomic E-state index is 12.5. The van der Waals surface area contributed by atoms with E-state index in [0.29, 0.717) is 14.9 Å². The highest BCUT2D eigenvalue weighted by molar-refractivity contribution is 9.11. The highest BCUT2D eigenvalue weighted by atomic mass is 79.9. The average molecular weight is 407 g/mol. The first-order valence-corrected chi connectivity index (χ1v) is 8.66. The van der Waals surface area contributed by atoms with Gasteiger partial charge < -0.3 is 4.90 Å². The van der Waals surface area contributed by atoms with Crippen LogP contribution in [0.25, 0.3) is 0 Å². The number of aryl methyl sites for hydroxylation is 1. The van der Waals surface area contributed by atoms with E-state index in [1.54, 1.807) is 24.1 Å². The normalized spacial score (nSPS) is 12.3. The summed E-state index contributed by atoms with van der Waals surface area (Å²) in [6.07, 6.45) is 0. The zero-order valence-corrected chi connectivity index (χ0v) is 15.7. The third-order valence-corrected chi connectivity index (χ3v) is 6.07. The van der Waals surface area contributed by atoms with Crippen molar-refractivity contribution >= 4 is 56.4 Å². The van der Waals surface area contributed by atoms with Gasteiger partial charge in [-0.05, 0) is 59.1 Å². The summed E-state index contributed by atoms with van der Waals surface area (Å²) in [6.45, 7) is 3.92. The van der Waals surface area contributed by atoms with E-state index in [1.807, 2.05) is 26.0 Å². The fourth-order valence-electron chi connectivity index (χ4n) is 1.96. The minimum absolute atomic E-state index is 0.0210. The van der Waals surface area contributed by atoms with Crippen molar-refractivity contribution < 1.29 is 4.79 Å². The summed E-state index contributed by atoms with van der Waals surface area (Å²) >= 11 is 17.0. The van der Waals surface area contributed by atoms with Crippen molar-refractivity contribution in [1.82, 2.24) is 4.90 Å². The van der Waals surface area contributed by atoms with E-state index < -0.39 is 0 Å². The van der Waals surface area contributed by atoms with E-state index in [2.05, 4.69) is 15.9 Å². The molecule has 0 bridgehead atoms. The first-order valence-electron chi connectivity index (χ1n) is 6.29. The van der Waals surface area contributed by atoms with Crippen molar-refractivity contribution in [2.24, 2.45) is 0 Å². The van der Waals surface area contributed by atoms with Crippen LogP contribution < -0.4 is 0 Å². The largest absolute Gasteiger partial charge is 0.334 e. The molecule has 2 aromatic rings. The zero-order valence-electron chi connectivity index (χ0n) is 11.8. The van der Waals surface area contributed by atoms with Crippen molar-refractivity contribution in [3.8, 4) is 0 Å². The Hall–Kier alpha value is -0.550. The molecule has 0 saturated heterocycles. The molecule has 0 N–H and O–H groups in total. The van der Waals surface area contributed by atoms with Gasteiger partial charge in [-0.3, -0.25) is 4.79 Å². The Morgan fingerprint density at radius 1 is 1.33 bits per heavy atom. The molecule has 112 valence electrons. The minimum Gasteiger partial charge on any atom is -0.334 e. The van der Waals surface area contributed by atoms with Crippen LogP contribution in [0.5, 0.6) is 0 Å². The van der Waals surface area contributed by atoms with Crippen LogP contribution in [0.4, 0.5) is 0 Å².